The minimum atomic E-state index is -0.704. The van der Waals surface area contributed by atoms with Crippen LogP contribution >= 0.6 is 0 Å². The fraction of sp³-hybridized carbons (Fsp3) is 1.00. The highest BCUT2D eigenvalue weighted by molar-refractivity contribution is 4.99. The van der Waals surface area contributed by atoms with Gasteiger partial charge in [-0.2, -0.15) is 0 Å². The zero-order chi connectivity index (χ0) is 11.6. The van der Waals surface area contributed by atoms with E-state index in [2.05, 4.69) is 0 Å². The predicted octanol–water partition coefficient (Wildman–Crippen LogP) is 1.01. The Morgan fingerprint density at radius 2 is 1.81 bits per heavy atom. The standard InChI is InChI=1S/C11H18O5/c1-6-13-9-8-7(15-10(2,3)16-8)5-12-11(9,4)14-6/h6-9H,5H2,1-4H3/t6?,7-,8-,9+,11+/m1/s1. The molecule has 0 N–H and O–H groups in total. The molecule has 0 spiro atoms. The summed E-state index contributed by atoms with van der Waals surface area (Å²) >= 11 is 0. The average Bonchev–Trinajstić information content (AvgIpc) is 2.60. The van der Waals surface area contributed by atoms with Crippen molar-refractivity contribution >= 4 is 0 Å². The molecular weight excluding hydrogens is 212 g/mol. The van der Waals surface area contributed by atoms with Gasteiger partial charge in [0, 0.05) is 0 Å². The molecule has 3 aliphatic rings. The monoisotopic (exact) mass is 230 g/mol. The molecule has 0 aromatic carbocycles. The van der Waals surface area contributed by atoms with E-state index in [0.29, 0.717) is 6.61 Å². The first-order valence-electron chi connectivity index (χ1n) is 5.72. The minimum Gasteiger partial charge on any atom is -0.345 e. The van der Waals surface area contributed by atoms with E-state index in [1.54, 1.807) is 0 Å². The van der Waals surface area contributed by atoms with Crippen molar-refractivity contribution in [3.63, 3.8) is 0 Å². The van der Waals surface area contributed by atoms with E-state index < -0.39 is 11.6 Å². The molecule has 3 heterocycles. The topological polar surface area (TPSA) is 46.2 Å². The quantitative estimate of drug-likeness (QED) is 0.621. The summed E-state index contributed by atoms with van der Waals surface area (Å²) in [5.41, 5.74) is 0. The van der Waals surface area contributed by atoms with E-state index in [1.807, 2.05) is 27.7 Å². The molecule has 0 radical (unpaired) electrons. The summed E-state index contributed by atoms with van der Waals surface area (Å²) < 4.78 is 28.7. The Morgan fingerprint density at radius 1 is 1.06 bits per heavy atom. The van der Waals surface area contributed by atoms with Crippen LogP contribution in [0.3, 0.4) is 0 Å². The summed E-state index contributed by atoms with van der Waals surface area (Å²) in [5, 5.41) is 0. The predicted molar refractivity (Wildman–Crippen MR) is 53.6 cm³/mol. The van der Waals surface area contributed by atoms with Gasteiger partial charge in [0.2, 0.25) is 0 Å². The van der Waals surface area contributed by atoms with Gasteiger partial charge < -0.3 is 23.7 Å². The summed E-state index contributed by atoms with van der Waals surface area (Å²) in [6.45, 7) is 8.05. The first-order chi connectivity index (χ1) is 7.40. The lowest BCUT2D eigenvalue weighted by atomic mass is 9.98. The average molecular weight is 230 g/mol. The molecule has 16 heavy (non-hydrogen) atoms. The maximum Gasteiger partial charge on any atom is 0.197 e. The van der Waals surface area contributed by atoms with Crippen LogP contribution in [0.2, 0.25) is 0 Å². The molecule has 3 aliphatic heterocycles. The molecule has 0 aromatic rings. The van der Waals surface area contributed by atoms with Crippen molar-refractivity contribution in [2.24, 2.45) is 0 Å². The second kappa shape index (κ2) is 3.17. The van der Waals surface area contributed by atoms with Crippen LogP contribution in [0.25, 0.3) is 0 Å². The smallest absolute Gasteiger partial charge is 0.197 e. The summed E-state index contributed by atoms with van der Waals surface area (Å²) in [6.07, 6.45) is -0.662. The van der Waals surface area contributed by atoms with Crippen molar-refractivity contribution < 1.29 is 23.7 Å². The van der Waals surface area contributed by atoms with Gasteiger partial charge in [0.1, 0.15) is 18.3 Å². The van der Waals surface area contributed by atoms with Crippen LogP contribution < -0.4 is 0 Å². The lowest BCUT2D eigenvalue weighted by Crippen LogP contribution is -2.56. The second-order valence-corrected chi connectivity index (χ2v) is 5.21. The molecule has 0 bridgehead atoms. The molecule has 3 rings (SSSR count). The van der Waals surface area contributed by atoms with Crippen molar-refractivity contribution in [3.8, 4) is 0 Å². The van der Waals surface area contributed by atoms with Gasteiger partial charge in [0.05, 0.1) is 6.61 Å². The Balaban J connectivity index is 1.86. The maximum absolute atomic E-state index is 5.87. The van der Waals surface area contributed by atoms with E-state index in [0.717, 1.165) is 0 Å². The molecule has 5 heteroatoms. The highest BCUT2D eigenvalue weighted by Crippen LogP contribution is 2.43. The summed E-state index contributed by atoms with van der Waals surface area (Å²) in [6, 6.07) is 0. The Kier molecular flexibility index (Phi) is 2.17. The third-order valence-corrected chi connectivity index (χ3v) is 3.31. The molecular formula is C11H18O5. The van der Waals surface area contributed by atoms with Crippen LogP contribution in [0, 0.1) is 0 Å². The number of fused-ring (bicyclic) bond motifs is 3. The van der Waals surface area contributed by atoms with Crippen molar-refractivity contribution in [1.29, 1.82) is 0 Å². The molecule has 5 nitrogen and oxygen atoms in total. The summed E-state index contributed by atoms with van der Waals surface area (Å²) in [7, 11) is 0. The van der Waals surface area contributed by atoms with Gasteiger partial charge in [-0.25, -0.2) is 0 Å². The third-order valence-electron chi connectivity index (χ3n) is 3.31. The molecule has 5 atom stereocenters. The van der Waals surface area contributed by atoms with Gasteiger partial charge in [0.25, 0.3) is 0 Å². The Morgan fingerprint density at radius 3 is 2.56 bits per heavy atom. The van der Waals surface area contributed by atoms with Crippen LogP contribution in [0.15, 0.2) is 0 Å². The first-order valence-corrected chi connectivity index (χ1v) is 5.72. The highest BCUT2D eigenvalue weighted by atomic mass is 16.9. The zero-order valence-electron chi connectivity index (χ0n) is 10.1. The molecule has 0 amide bonds. The number of hydrogen-bond donors (Lipinski definition) is 0. The van der Waals surface area contributed by atoms with Crippen molar-refractivity contribution in [3.05, 3.63) is 0 Å². The second-order valence-electron chi connectivity index (χ2n) is 5.21. The first kappa shape index (κ1) is 10.9. The molecule has 1 unspecified atom stereocenters. The van der Waals surface area contributed by atoms with E-state index >= 15 is 0 Å². The van der Waals surface area contributed by atoms with Gasteiger partial charge in [-0.15, -0.1) is 0 Å². The lowest BCUT2D eigenvalue weighted by molar-refractivity contribution is -0.258. The summed E-state index contributed by atoms with van der Waals surface area (Å²) in [4.78, 5) is 0. The third kappa shape index (κ3) is 1.50. The Labute approximate surface area is 94.9 Å². The summed E-state index contributed by atoms with van der Waals surface area (Å²) in [5.74, 6) is -1.27. The van der Waals surface area contributed by atoms with Crippen LogP contribution in [0.1, 0.15) is 27.7 Å². The molecule has 3 fully saturated rings. The van der Waals surface area contributed by atoms with Crippen LogP contribution in [0.5, 0.6) is 0 Å². The van der Waals surface area contributed by atoms with Crippen molar-refractivity contribution in [2.75, 3.05) is 6.61 Å². The fourth-order valence-corrected chi connectivity index (χ4v) is 2.74. The van der Waals surface area contributed by atoms with Gasteiger partial charge >= 0.3 is 0 Å². The minimum absolute atomic E-state index is 0.0676. The molecule has 3 saturated heterocycles. The number of rotatable bonds is 0. The Hall–Kier alpha value is -0.200. The highest BCUT2D eigenvalue weighted by Gasteiger charge is 2.60. The number of hydrogen-bond acceptors (Lipinski definition) is 5. The number of ether oxygens (including phenoxy) is 5. The van der Waals surface area contributed by atoms with Crippen LogP contribution in [0.4, 0.5) is 0 Å². The Bertz CT molecular complexity index is 305. The van der Waals surface area contributed by atoms with Crippen LogP contribution in [-0.2, 0) is 23.7 Å². The van der Waals surface area contributed by atoms with Gasteiger partial charge in [0.15, 0.2) is 17.9 Å². The van der Waals surface area contributed by atoms with E-state index in [9.17, 15) is 0 Å². The van der Waals surface area contributed by atoms with Crippen molar-refractivity contribution in [2.45, 2.75) is 63.9 Å². The van der Waals surface area contributed by atoms with Gasteiger partial charge in [-0.3, -0.25) is 0 Å². The van der Waals surface area contributed by atoms with E-state index in [4.69, 9.17) is 23.7 Å². The van der Waals surface area contributed by atoms with Crippen LogP contribution in [-0.4, -0.2) is 42.8 Å². The maximum atomic E-state index is 5.87. The fourth-order valence-electron chi connectivity index (χ4n) is 2.74. The van der Waals surface area contributed by atoms with Crippen molar-refractivity contribution in [1.82, 2.24) is 0 Å². The molecule has 0 saturated carbocycles. The molecule has 92 valence electrons. The lowest BCUT2D eigenvalue weighted by Gasteiger charge is -2.38. The van der Waals surface area contributed by atoms with Gasteiger partial charge in [-0.05, 0) is 27.7 Å². The van der Waals surface area contributed by atoms with E-state index in [1.165, 1.54) is 0 Å². The molecule has 0 aromatic heterocycles. The molecule has 0 aliphatic carbocycles. The zero-order valence-corrected chi connectivity index (χ0v) is 10.1. The van der Waals surface area contributed by atoms with E-state index in [-0.39, 0.29) is 24.6 Å². The SMILES string of the molecule is CC1O[C@H]2[C@@H]3OC(C)(C)O[C@@H]3CO[C@@]2(C)O1. The van der Waals surface area contributed by atoms with Gasteiger partial charge in [-0.1, -0.05) is 0 Å². The normalized spacial score (nSPS) is 54.8. The largest absolute Gasteiger partial charge is 0.345 e.